The number of amides is 2. The molecule has 0 bridgehead atoms. The molecule has 6 heteroatoms. The topological polar surface area (TPSA) is 70.7 Å². The molecular weight excluding hydrogens is 246 g/mol. The van der Waals surface area contributed by atoms with Crippen molar-refractivity contribution in [3.8, 4) is 0 Å². The van der Waals surface area contributed by atoms with Crippen LogP contribution in [0.25, 0.3) is 0 Å². The molecule has 2 N–H and O–H groups in total. The lowest BCUT2D eigenvalue weighted by molar-refractivity contribution is -0.150. The van der Waals surface area contributed by atoms with Crippen LogP contribution in [0.1, 0.15) is 26.2 Å². The summed E-state index contributed by atoms with van der Waals surface area (Å²) < 4.78 is 5.34. The molecule has 0 aromatic carbocycles. The number of nitrogens with zero attached hydrogens (tertiary/aromatic N) is 1. The lowest BCUT2D eigenvalue weighted by Gasteiger charge is -2.37. The minimum Gasteiger partial charge on any atom is -0.377 e. The van der Waals surface area contributed by atoms with E-state index in [1.54, 1.807) is 4.90 Å². The van der Waals surface area contributed by atoms with Gasteiger partial charge in [-0.1, -0.05) is 6.42 Å². The van der Waals surface area contributed by atoms with Crippen LogP contribution in [0.3, 0.4) is 0 Å². The highest BCUT2D eigenvalue weighted by atomic mass is 16.5. The quantitative estimate of drug-likeness (QED) is 0.724. The van der Waals surface area contributed by atoms with Crippen LogP contribution >= 0.6 is 0 Å². The summed E-state index contributed by atoms with van der Waals surface area (Å²) in [6.07, 6.45) is 3.05. The van der Waals surface area contributed by atoms with Gasteiger partial charge in [0.25, 0.3) is 0 Å². The molecule has 2 atom stereocenters. The van der Waals surface area contributed by atoms with Gasteiger partial charge >= 0.3 is 0 Å². The molecular formula is C13H23N3O3. The standard InChI is InChI=1S/C13H23N3O3/c1-2-14-12(17)11-9-19-8-7-16(11)13(18)10-5-3-4-6-15-10/h10-11,15H,2-9H2,1H3,(H,14,17)/t10-,11?/m1/s1. The van der Waals surface area contributed by atoms with E-state index in [4.69, 9.17) is 4.74 Å². The first-order chi connectivity index (χ1) is 9.24. The van der Waals surface area contributed by atoms with E-state index in [0.29, 0.717) is 26.3 Å². The third-order valence-corrected chi connectivity index (χ3v) is 3.67. The molecule has 2 amide bonds. The molecule has 0 spiro atoms. The zero-order valence-corrected chi connectivity index (χ0v) is 11.5. The van der Waals surface area contributed by atoms with Crippen LogP contribution in [0.5, 0.6) is 0 Å². The van der Waals surface area contributed by atoms with Gasteiger partial charge < -0.3 is 20.3 Å². The molecule has 6 nitrogen and oxygen atoms in total. The summed E-state index contributed by atoms with van der Waals surface area (Å²) in [6, 6.07) is -0.617. The molecule has 1 unspecified atom stereocenters. The van der Waals surface area contributed by atoms with Crippen molar-refractivity contribution in [2.75, 3.05) is 32.8 Å². The van der Waals surface area contributed by atoms with Crippen molar-refractivity contribution in [1.29, 1.82) is 0 Å². The molecule has 0 aromatic rings. The minimum atomic E-state index is -0.482. The molecule has 2 saturated heterocycles. The zero-order valence-electron chi connectivity index (χ0n) is 11.5. The summed E-state index contributed by atoms with van der Waals surface area (Å²) in [6.45, 7) is 4.62. The van der Waals surface area contributed by atoms with Crippen LogP contribution in [0.15, 0.2) is 0 Å². The number of likely N-dealkylation sites (N-methyl/N-ethyl adjacent to an activating group) is 1. The molecule has 0 aliphatic carbocycles. The fraction of sp³-hybridized carbons (Fsp3) is 0.846. The molecule has 2 aliphatic heterocycles. The zero-order chi connectivity index (χ0) is 13.7. The Morgan fingerprint density at radius 1 is 1.42 bits per heavy atom. The second-order valence-electron chi connectivity index (χ2n) is 5.02. The number of carbonyl (C=O) groups excluding carboxylic acids is 2. The first kappa shape index (κ1) is 14.3. The average Bonchev–Trinajstić information content (AvgIpc) is 2.47. The Bertz CT molecular complexity index is 329. The molecule has 108 valence electrons. The summed E-state index contributed by atoms with van der Waals surface area (Å²) in [5.41, 5.74) is 0. The Kier molecular flexibility index (Phi) is 5.15. The predicted octanol–water partition coefficient (Wildman–Crippen LogP) is -0.508. The first-order valence-electron chi connectivity index (χ1n) is 7.13. The SMILES string of the molecule is CCNC(=O)C1COCCN1C(=O)[C@H]1CCCCN1. The summed E-state index contributed by atoms with van der Waals surface area (Å²) in [5, 5.41) is 6.01. The smallest absolute Gasteiger partial charge is 0.245 e. The average molecular weight is 269 g/mol. The van der Waals surface area contributed by atoms with E-state index >= 15 is 0 Å². The van der Waals surface area contributed by atoms with Gasteiger partial charge in [0.1, 0.15) is 6.04 Å². The van der Waals surface area contributed by atoms with Crippen molar-refractivity contribution in [2.24, 2.45) is 0 Å². The molecule has 2 fully saturated rings. The van der Waals surface area contributed by atoms with E-state index in [9.17, 15) is 9.59 Å². The van der Waals surface area contributed by atoms with Crippen molar-refractivity contribution in [3.63, 3.8) is 0 Å². The van der Waals surface area contributed by atoms with Crippen LogP contribution in [-0.4, -0.2) is 61.6 Å². The second kappa shape index (κ2) is 6.86. The Labute approximate surface area is 113 Å². The Morgan fingerprint density at radius 2 is 2.26 bits per heavy atom. The maximum absolute atomic E-state index is 12.5. The van der Waals surface area contributed by atoms with E-state index in [-0.39, 0.29) is 17.9 Å². The maximum atomic E-state index is 12.5. The predicted molar refractivity (Wildman–Crippen MR) is 70.6 cm³/mol. The number of morpholine rings is 1. The van der Waals surface area contributed by atoms with Gasteiger partial charge in [0.15, 0.2) is 0 Å². The maximum Gasteiger partial charge on any atom is 0.245 e. The summed E-state index contributed by atoms with van der Waals surface area (Å²) in [7, 11) is 0. The summed E-state index contributed by atoms with van der Waals surface area (Å²) in [4.78, 5) is 26.2. The van der Waals surface area contributed by atoms with Gasteiger partial charge in [0, 0.05) is 13.1 Å². The fourth-order valence-electron chi connectivity index (χ4n) is 2.64. The van der Waals surface area contributed by atoms with Gasteiger partial charge in [0.05, 0.1) is 19.3 Å². The largest absolute Gasteiger partial charge is 0.377 e. The third kappa shape index (κ3) is 3.45. The first-order valence-corrected chi connectivity index (χ1v) is 7.13. The van der Waals surface area contributed by atoms with Gasteiger partial charge in [0.2, 0.25) is 11.8 Å². The van der Waals surface area contributed by atoms with Gasteiger partial charge in [-0.3, -0.25) is 9.59 Å². The van der Waals surface area contributed by atoms with Crippen LogP contribution < -0.4 is 10.6 Å². The minimum absolute atomic E-state index is 0.0410. The van der Waals surface area contributed by atoms with E-state index in [2.05, 4.69) is 10.6 Å². The fourth-order valence-corrected chi connectivity index (χ4v) is 2.64. The van der Waals surface area contributed by atoms with Crippen LogP contribution in [0.2, 0.25) is 0 Å². The van der Waals surface area contributed by atoms with Gasteiger partial charge in [-0.05, 0) is 26.3 Å². The normalized spacial score (nSPS) is 27.9. The Morgan fingerprint density at radius 3 is 2.95 bits per heavy atom. The number of carbonyl (C=O) groups is 2. The molecule has 2 aliphatic rings. The van der Waals surface area contributed by atoms with Crippen molar-refractivity contribution in [3.05, 3.63) is 0 Å². The second-order valence-corrected chi connectivity index (χ2v) is 5.02. The molecule has 2 rings (SSSR count). The highest BCUT2D eigenvalue weighted by molar-refractivity contribution is 5.90. The molecule has 0 radical (unpaired) electrons. The van der Waals surface area contributed by atoms with Crippen LogP contribution in [-0.2, 0) is 14.3 Å². The molecule has 0 aromatic heterocycles. The Balaban J connectivity index is 2.01. The number of nitrogens with one attached hydrogen (secondary N) is 2. The van der Waals surface area contributed by atoms with Crippen molar-refractivity contribution >= 4 is 11.8 Å². The number of hydrogen-bond acceptors (Lipinski definition) is 4. The third-order valence-electron chi connectivity index (χ3n) is 3.67. The van der Waals surface area contributed by atoms with Crippen molar-refractivity contribution in [1.82, 2.24) is 15.5 Å². The van der Waals surface area contributed by atoms with Gasteiger partial charge in [-0.25, -0.2) is 0 Å². The van der Waals surface area contributed by atoms with Gasteiger partial charge in [-0.2, -0.15) is 0 Å². The number of hydrogen-bond donors (Lipinski definition) is 2. The van der Waals surface area contributed by atoms with Crippen LogP contribution in [0.4, 0.5) is 0 Å². The highest BCUT2D eigenvalue weighted by Crippen LogP contribution is 2.14. The number of piperidine rings is 1. The van der Waals surface area contributed by atoms with E-state index in [1.807, 2.05) is 6.92 Å². The van der Waals surface area contributed by atoms with Crippen molar-refractivity contribution < 1.29 is 14.3 Å². The number of ether oxygens (including phenoxy) is 1. The van der Waals surface area contributed by atoms with Crippen molar-refractivity contribution in [2.45, 2.75) is 38.3 Å². The lowest BCUT2D eigenvalue weighted by Crippen LogP contribution is -2.60. The molecule has 2 heterocycles. The Hall–Kier alpha value is -1.14. The summed E-state index contributed by atoms with van der Waals surface area (Å²) in [5.74, 6) is -0.0781. The monoisotopic (exact) mass is 269 g/mol. The molecule has 19 heavy (non-hydrogen) atoms. The van der Waals surface area contributed by atoms with Crippen LogP contribution in [0, 0.1) is 0 Å². The molecule has 0 saturated carbocycles. The van der Waals surface area contributed by atoms with E-state index in [1.165, 1.54) is 0 Å². The lowest BCUT2D eigenvalue weighted by atomic mass is 10.0. The number of rotatable bonds is 3. The van der Waals surface area contributed by atoms with Gasteiger partial charge in [-0.15, -0.1) is 0 Å². The highest BCUT2D eigenvalue weighted by Gasteiger charge is 2.36. The van der Waals surface area contributed by atoms with E-state index < -0.39 is 6.04 Å². The summed E-state index contributed by atoms with van der Waals surface area (Å²) >= 11 is 0. The van der Waals surface area contributed by atoms with E-state index in [0.717, 1.165) is 25.8 Å².